The molecule has 3 aromatic carbocycles. The quantitative estimate of drug-likeness (QED) is 0.529. The van der Waals surface area contributed by atoms with E-state index in [-0.39, 0.29) is 5.41 Å². The van der Waals surface area contributed by atoms with Crippen LogP contribution >= 0.6 is 0 Å². The Kier molecular flexibility index (Phi) is 3.13. The zero-order chi connectivity index (χ0) is 17.7. The molecule has 0 fully saturated rings. The van der Waals surface area contributed by atoms with Gasteiger partial charge in [-0.15, -0.1) is 0 Å². The van der Waals surface area contributed by atoms with Crippen molar-refractivity contribution in [2.75, 3.05) is 0 Å². The number of H-pyrrole nitrogens is 1. The molecule has 4 aromatic rings. The SMILES string of the molecule is CC1(C)c2ccccc2-c2ccc(-c3n[nH]c(-c4ccccc4)n3)cc21. The van der Waals surface area contributed by atoms with Crippen LogP contribution in [0.3, 0.4) is 0 Å². The maximum atomic E-state index is 4.71. The summed E-state index contributed by atoms with van der Waals surface area (Å²) in [5.74, 6) is 1.53. The highest BCUT2D eigenvalue weighted by atomic mass is 15.2. The van der Waals surface area contributed by atoms with Crippen LogP contribution in [0.25, 0.3) is 33.9 Å². The molecule has 0 unspecified atom stereocenters. The van der Waals surface area contributed by atoms with E-state index in [9.17, 15) is 0 Å². The number of nitrogens with zero attached hydrogens (tertiary/aromatic N) is 2. The number of hydrogen-bond donors (Lipinski definition) is 1. The van der Waals surface area contributed by atoms with Crippen molar-refractivity contribution in [2.45, 2.75) is 19.3 Å². The minimum atomic E-state index is -0.0134. The fourth-order valence-electron chi connectivity index (χ4n) is 3.96. The molecule has 1 N–H and O–H groups in total. The molecule has 0 saturated heterocycles. The zero-order valence-electron chi connectivity index (χ0n) is 14.8. The van der Waals surface area contributed by atoms with Crippen molar-refractivity contribution >= 4 is 0 Å². The van der Waals surface area contributed by atoms with Crippen LogP contribution < -0.4 is 0 Å². The molecule has 3 nitrogen and oxygen atoms in total. The smallest absolute Gasteiger partial charge is 0.181 e. The summed E-state index contributed by atoms with van der Waals surface area (Å²) in [6, 6.07) is 25.3. The second-order valence-electron chi connectivity index (χ2n) is 7.30. The molecule has 0 atom stereocenters. The summed E-state index contributed by atoms with van der Waals surface area (Å²) < 4.78 is 0. The Morgan fingerprint density at radius 1 is 0.731 bits per heavy atom. The summed E-state index contributed by atoms with van der Waals surface area (Å²) in [4.78, 5) is 4.71. The largest absolute Gasteiger partial charge is 0.259 e. The third kappa shape index (κ3) is 2.14. The van der Waals surface area contributed by atoms with Crippen LogP contribution in [-0.2, 0) is 5.41 Å². The summed E-state index contributed by atoms with van der Waals surface area (Å²) in [6.07, 6.45) is 0. The molecule has 0 aliphatic heterocycles. The van der Waals surface area contributed by atoms with Crippen LogP contribution in [0.2, 0.25) is 0 Å². The molecule has 0 saturated carbocycles. The van der Waals surface area contributed by atoms with Gasteiger partial charge in [-0.25, -0.2) is 4.98 Å². The highest BCUT2D eigenvalue weighted by molar-refractivity contribution is 5.82. The lowest BCUT2D eigenvalue weighted by atomic mass is 9.82. The van der Waals surface area contributed by atoms with Gasteiger partial charge in [-0.3, -0.25) is 5.10 Å². The minimum absolute atomic E-state index is 0.0134. The lowest BCUT2D eigenvalue weighted by Gasteiger charge is -2.21. The van der Waals surface area contributed by atoms with Crippen LogP contribution in [0.15, 0.2) is 72.8 Å². The van der Waals surface area contributed by atoms with Gasteiger partial charge in [0.2, 0.25) is 0 Å². The Labute approximate surface area is 152 Å². The van der Waals surface area contributed by atoms with Crippen LogP contribution in [0.4, 0.5) is 0 Å². The maximum absolute atomic E-state index is 4.71. The van der Waals surface area contributed by atoms with Gasteiger partial charge >= 0.3 is 0 Å². The summed E-state index contributed by atoms with van der Waals surface area (Å²) in [5, 5.41) is 7.51. The molecule has 0 bridgehead atoms. The zero-order valence-corrected chi connectivity index (χ0v) is 14.8. The van der Waals surface area contributed by atoms with Crippen molar-refractivity contribution < 1.29 is 0 Å². The third-order valence-corrected chi connectivity index (χ3v) is 5.37. The van der Waals surface area contributed by atoms with E-state index in [2.05, 4.69) is 66.5 Å². The lowest BCUT2D eigenvalue weighted by molar-refractivity contribution is 0.660. The number of rotatable bonds is 2. The van der Waals surface area contributed by atoms with Crippen LogP contribution in [0.1, 0.15) is 25.0 Å². The van der Waals surface area contributed by atoms with E-state index >= 15 is 0 Å². The summed E-state index contributed by atoms with van der Waals surface area (Å²) in [6.45, 7) is 4.57. The van der Waals surface area contributed by atoms with Crippen molar-refractivity contribution in [3.63, 3.8) is 0 Å². The molecule has 1 heterocycles. The number of hydrogen-bond acceptors (Lipinski definition) is 2. The lowest BCUT2D eigenvalue weighted by Crippen LogP contribution is -2.14. The maximum Gasteiger partial charge on any atom is 0.181 e. The van der Waals surface area contributed by atoms with Crippen LogP contribution in [0, 0.1) is 0 Å². The normalized spacial score (nSPS) is 14.1. The van der Waals surface area contributed by atoms with Gasteiger partial charge in [0.15, 0.2) is 11.6 Å². The van der Waals surface area contributed by atoms with Gasteiger partial charge in [0.1, 0.15) is 0 Å². The first kappa shape index (κ1) is 15.1. The average molecular weight is 337 g/mol. The van der Waals surface area contributed by atoms with E-state index in [1.54, 1.807) is 0 Å². The molecule has 1 aliphatic carbocycles. The first-order valence-corrected chi connectivity index (χ1v) is 8.87. The average Bonchev–Trinajstić information content (AvgIpc) is 3.26. The first-order chi connectivity index (χ1) is 12.6. The Morgan fingerprint density at radius 2 is 1.46 bits per heavy atom. The molecule has 1 aromatic heterocycles. The molecular weight excluding hydrogens is 318 g/mol. The van der Waals surface area contributed by atoms with Crippen molar-refractivity contribution in [1.29, 1.82) is 0 Å². The summed E-state index contributed by atoms with van der Waals surface area (Å²) in [7, 11) is 0. The van der Waals surface area contributed by atoms with E-state index in [1.165, 1.54) is 22.3 Å². The highest BCUT2D eigenvalue weighted by Crippen LogP contribution is 2.49. The molecule has 0 amide bonds. The predicted octanol–water partition coefficient (Wildman–Crippen LogP) is 5.45. The van der Waals surface area contributed by atoms with Gasteiger partial charge in [-0.05, 0) is 28.3 Å². The topological polar surface area (TPSA) is 41.6 Å². The fourth-order valence-corrected chi connectivity index (χ4v) is 3.96. The second kappa shape index (κ2) is 5.40. The van der Waals surface area contributed by atoms with Crippen LogP contribution in [0.5, 0.6) is 0 Å². The number of fused-ring (bicyclic) bond motifs is 3. The van der Waals surface area contributed by atoms with Gasteiger partial charge in [-0.1, -0.05) is 80.6 Å². The minimum Gasteiger partial charge on any atom is -0.259 e. The Balaban J connectivity index is 1.60. The van der Waals surface area contributed by atoms with Crippen LogP contribution in [-0.4, -0.2) is 15.2 Å². The number of benzene rings is 3. The van der Waals surface area contributed by atoms with Crippen molar-refractivity contribution in [1.82, 2.24) is 15.2 Å². The summed E-state index contributed by atoms with van der Waals surface area (Å²) >= 11 is 0. The second-order valence-corrected chi connectivity index (χ2v) is 7.30. The highest BCUT2D eigenvalue weighted by Gasteiger charge is 2.35. The van der Waals surface area contributed by atoms with E-state index < -0.39 is 0 Å². The van der Waals surface area contributed by atoms with E-state index in [4.69, 9.17) is 4.98 Å². The number of aromatic nitrogens is 3. The molecule has 1 aliphatic rings. The first-order valence-electron chi connectivity index (χ1n) is 8.87. The Bertz CT molecular complexity index is 1110. The Morgan fingerprint density at radius 3 is 2.31 bits per heavy atom. The fraction of sp³-hybridized carbons (Fsp3) is 0.130. The molecule has 0 spiro atoms. The third-order valence-electron chi connectivity index (χ3n) is 5.37. The van der Waals surface area contributed by atoms with Crippen molar-refractivity contribution in [2.24, 2.45) is 0 Å². The van der Waals surface area contributed by atoms with Gasteiger partial charge < -0.3 is 0 Å². The molecule has 126 valence electrons. The van der Waals surface area contributed by atoms with Gasteiger partial charge in [0.25, 0.3) is 0 Å². The summed E-state index contributed by atoms with van der Waals surface area (Å²) in [5.41, 5.74) is 7.44. The van der Waals surface area contributed by atoms with Gasteiger partial charge in [0.05, 0.1) is 0 Å². The standard InChI is InChI=1S/C23H19N3/c1-23(2)19-11-7-6-10-17(19)18-13-12-16(14-20(18)23)22-24-21(25-26-22)15-8-4-3-5-9-15/h3-14H,1-2H3,(H,24,25,26). The molecule has 0 radical (unpaired) electrons. The molecule has 26 heavy (non-hydrogen) atoms. The number of nitrogens with one attached hydrogen (secondary N) is 1. The molecular formula is C23H19N3. The number of aromatic amines is 1. The van der Waals surface area contributed by atoms with E-state index in [0.29, 0.717) is 0 Å². The van der Waals surface area contributed by atoms with Crippen molar-refractivity contribution in [3.8, 4) is 33.9 Å². The monoisotopic (exact) mass is 337 g/mol. The molecule has 5 rings (SSSR count). The predicted molar refractivity (Wildman–Crippen MR) is 105 cm³/mol. The van der Waals surface area contributed by atoms with Crippen molar-refractivity contribution in [3.05, 3.63) is 83.9 Å². The van der Waals surface area contributed by atoms with Gasteiger partial charge in [0, 0.05) is 16.5 Å². The van der Waals surface area contributed by atoms with E-state index in [1.807, 2.05) is 30.3 Å². The van der Waals surface area contributed by atoms with Gasteiger partial charge in [-0.2, -0.15) is 5.10 Å². The van der Waals surface area contributed by atoms with E-state index in [0.717, 1.165) is 22.8 Å². The Hall–Kier alpha value is -3.20. The molecule has 3 heteroatoms.